The van der Waals surface area contributed by atoms with Crippen molar-refractivity contribution in [2.75, 3.05) is 13.2 Å². The van der Waals surface area contributed by atoms with Gasteiger partial charge in [-0.2, -0.15) is 0 Å². The number of sulfonamides is 1. The van der Waals surface area contributed by atoms with Gasteiger partial charge < -0.3 is 15.4 Å². The standard InChI is InChI=1S/C31H35N5O6S/c1-4-42-29(38)10-9-28(37)35-26-14-25(36-31(39)20-6-5-11-32-16-20)22-13-27(43(40,41)34-15-18(2)3)21-12-24(19-7-8-19)33-17-23(21)30(22)26/h5-6,9-13,16-19,25-26,34H,4,7-8,14-15H2,1-3H3,(H,35,37)(H,36,39)/b10-9+/t25-,26-/m1/s1. The van der Waals surface area contributed by atoms with Gasteiger partial charge in [-0.15, -0.1) is 0 Å². The van der Waals surface area contributed by atoms with Crippen LogP contribution in [0.2, 0.25) is 0 Å². The lowest BCUT2D eigenvalue weighted by molar-refractivity contribution is -0.137. The number of benzene rings is 1. The van der Waals surface area contributed by atoms with Crippen molar-refractivity contribution in [1.29, 1.82) is 0 Å². The molecule has 43 heavy (non-hydrogen) atoms. The van der Waals surface area contributed by atoms with Crippen molar-refractivity contribution < 1.29 is 27.5 Å². The number of amides is 2. The lowest BCUT2D eigenvalue weighted by Crippen LogP contribution is -2.29. The van der Waals surface area contributed by atoms with Crippen LogP contribution in [0.3, 0.4) is 0 Å². The molecule has 2 amide bonds. The van der Waals surface area contributed by atoms with Crippen molar-refractivity contribution >= 4 is 38.6 Å². The van der Waals surface area contributed by atoms with E-state index < -0.39 is 34.0 Å². The number of rotatable bonds is 11. The predicted octanol–water partition coefficient (Wildman–Crippen LogP) is 3.59. The number of ether oxygens (including phenoxy) is 1. The molecule has 2 aromatic heterocycles. The molecule has 0 unspecified atom stereocenters. The summed E-state index contributed by atoms with van der Waals surface area (Å²) in [4.78, 5) is 46.7. The number of esters is 1. The molecule has 2 aliphatic rings. The van der Waals surface area contributed by atoms with E-state index in [0.717, 1.165) is 30.7 Å². The minimum absolute atomic E-state index is 0.0907. The Balaban J connectivity index is 1.61. The van der Waals surface area contributed by atoms with Crippen LogP contribution in [0.1, 0.15) is 85.2 Å². The smallest absolute Gasteiger partial charge is 0.330 e. The SMILES string of the molecule is CCOC(=O)/C=C/C(=O)N[C@@H]1C[C@@H](NC(=O)c2cccnc2)c2cc(S(=O)(=O)NCC(C)C)c3cc(C4CC4)ncc3c21. The summed E-state index contributed by atoms with van der Waals surface area (Å²) >= 11 is 0. The van der Waals surface area contributed by atoms with E-state index in [-0.39, 0.29) is 42.2 Å². The molecule has 11 nitrogen and oxygen atoms in total. The van der Waals surface area contributed by atoms with Crippen molar-refractivity contribution in [3.63, 3.8) is 0 Å². The Morgan fingerprint density at radius 2 is 1.86 bits per heavy atom. The number of hydrogen-bond donors (Lipinski definition) is 3. The summed E-state index contributed by atoms with van der Waals surface area (Å²) < 4.78 is 35.0. The van der Waals surface area contributed by atoms with Crippen LogP contribution in [0.25, 0.3) is 10.8 Å². The molecule has 0 saturated heterocycles. The van der Waals surface area contributed by atoms with Crippen molar-refractivity contribution in [2.24, 2.45) is 5.92 Å². The van der Waals surface area contributed by atoms with Crippen molar-refractivity contribution in [2.45, 2.75) is 62.9 Å². The lowest BCUT2D eigenvalue weighted by Gasteiger charge is -2.19. The molecule has 226 valence electrons. The van der Waals surface area contributed by atoms with Gasteiger partial charge in [-0.1, -0.05) is 13.8 Å². The maximum atomic E-state index is 13.7. The maximum Gasteiger partial charge on any atom is 0.330 e. The van der Waals surface area contributed by atoms with Gasteiger partial charge in [-0.05, 0) is 67.5 Å². The molecule has 2 aliphatic carbocycles. The predicted molar refractivity (Wildman–Crippen MR) is 159 cm³/mol. The number of fused-ring (bicyclic) bond motifs is 3. The van der Waals surface area contributed by atoms with Crippen molar-refractivity contribution in [3.8, 4) is 0 Å². The first-order chi connectivity index (χ1) is 20.6. The second-order valence-corrected chi connectivity index (χ2v) is 12.9. The maximum absolute atomic E-state index is 13.7. The Morgan fingerprint density at radius 3 is 2.53 bits per heavy atom. The minimum Gasteiger partial charge on any atom is -0.463 e. The van der Waals surface area contributed by atoms with E-state index in [1.54, 1.807) is 37.5 Å². The minimum atomic E-state index is -3.94. The van der Waals surface area contributed by atoms with Gasteiger partial charge in [0, 0.05) is 59.7 Å². The molecule has 1 saturated carbocycles. The number of hydrogen-bond acceptors (Lipinski definition) is 8. The molecule has 1 aromatic carbocycles. The third kappa shape index (κ3) is 6.91. The monoisotopic (exact) mass is 605 g/mol. The molecule has 1 fully saturated rings. The zero-order valence-electron chi connectivity index (χ0n) is 24.3. The summed E-state index contributed by atoms with van der Waals surface area (Å²) in [5.41, 5.74) is 2.40. The second-order valence-electron chi connectivity index (χ2n) is 11.2. The number of carbonyl (C=O) groups excluding carboxylic acids is 3. The molecular formula is C31H35N5O6S. The van der Waals surface area contributed by atoms with Crippen LogP contribution < -0.4 is 15.4 Å². The van der Waals surface area contributed by atoms with Crippen LogP contribution in [0.15, 0.2) is 59.9 Å². The van der Waals surface area contributed by atoms with Gasteiger partial charge in [-0.25, -0.2) is 17.9 Å². The summed E-state index contributed by atoms with van der Waals surface area (Å²) in [5.74, 6) is -1.19. The fourth-order valence-electron chi connectivity index (χ4n) is 5.24. The fraction of sp³-hybridized carbons (Fsp3) is 0.387. The van der Waals surface area contributed by atoms with Gasteiger partial charge in [-0.3, -0.25) is 19.6 Å². The number of nitrogens with zero attached hydrogens (tertiary/aromatic N) is 2. The van der Waals surface area contributed by atoms with Gasteiger partial charge in [0.1, 0.15) is 0 Å². The summed E-state index contributed by atoms with van der Waals surface area (Å²) in [6.07, 6.45) is 9.06. The third-order valence-corrected chi connectivity index (χ3v) is 8.91. The fourth-order valence-corrected chi connectivity index (χ4v) is 6.69. The van der Waals surface area contributed by atoms with Crippen LogP contribution in [-0.2, 0) is 24.3 Å². The highest BCUT2D eigenvalue weighted by Gasteiger charge is 2.37. The summed E-state index contributed by atoms with van der Waals surface area (Å²) in [7, 11) is -3.94. The van der Waals surface area contributed by atoms with E-state index in [9.17, 15) is 22.8 Å². The van der Waals surface area contributed by atoms with Gasteiger partial charge in [0.2, 0.25) is 15.9 Å². The molecule has 2 heterocycles. The van der Waals surface area contributed by atoms with E-state index in [1.165, 1.54) is 6.20 Å². The first-order valence-corrected chi connectivity index (χ1v) is 15.9. The molecular weight excluding hydrogens is 570 g/mol. The largest absolute Gasteiger partial charge is 0.463 e. The van der Waals surface area contributed by atoms with Crippen molar-refractivity contribution in [1.82, 2.24) is 25.3 Å². The molecule has 0 radical (unpaired) electrons. The molecule has 2 atom stereocenters. The first-order valence-electron chi connectivity index (χ1n) is 14.4. The summed E-state index contributed by atoms with van der Waals surface area (Å²) in [6, 6.07) is 5.48. The second kappa shape index (κ2) is 12.6. The summed E-state index contributed by atoms with van der Waals surface area (Å²) in [5, 5.41) is 7.00. The number of aromatic nitrogens is 2. The van der Waals surface area contributed by atoms with Gasteiger partial charge in [0.15, 0.2) is 0 Å². The zero-order chi connectivity index (χ0) is 30.7. The normalized spacial score (nSPS) is 18.1. The zero-order valence-corrected chi connectivity index (χ0v) is 25.1. The highest BCUT2D eigenvalue weighted by Crippen LogP contribution is 2.46. The Bertz CT molecular complexity index is 1690. The van der Waals surface area contributed by atoms with E-state index in [2.05, 4.69) is 25.3 Å². The lowest BCUT2D eigenvalue weighted by atomic mass is 9.98. The molecule has 0 spiro atoms. The molecule has 3 aromatic rings. The van der Waals surface area contributed by atoms with E-state index >= 15 is 0 Å². The van der Waals surface area contributed by atoms with Crippen molar-refractivity contribution in [3.05, 3.63) is 77.4 Å². The molecule has 5 rings (SSSR count). The van der Waals surface area contributed by atoms with Crippen LogP contribution in [0.4, 0.5) is 0 Å². The van der Waals surface area contributed by atoms with Gasteiger partial charge in [0.25, 0.3) is 5.91 Å². The molecule has 0 aliphatic heterocycles. The Kier molecular flexibility index (Phi) is 8.88. The van der Waals surface area contributed by atoms with E-state index in [1.807, 2.05) is 19.9 Å². The molecule has 3 N–H and O–H groups in total. The topological polar surface area (TPSA) is 156 Å². The highest BCUT2D eigenvalue weighted by atomic mass is 32.2. The quantitative estimate of drug-likeness (QED) is 0.221. The number of pyridine rings is 2. The Hall–Kier alpha value is -4.16. The van der Waals surface area contributed by atoms with Crippen LogP contribution >= 0.6 is 0 Å². The Labute approximate surface area is 250 Å². The number of nitrogens with one attached hydrogen (secondary N) is 3. The number of carbonyl (C=O) groups is 3. The first kappa shape index (κ1) is 30.3. The van der Waals surface area contributed by atoms with E-state index in [0.29, 0.717) is 27.5 Å². The molecule has 12 heteroatoms. The van der Waals surface area contributed by atoms with Crippen LogP contribution in [0.5, 0.6) is 0 Å². The van der Waals surface area contributed by atoms with Crippen LogP contribution in [-0.4, -0.2) is 49.3 Å². The Morgan fingerprint density at radius 1 is 1.07 bits per heavy atom. The average Bonchev–Trinajstić information content (AvgIpc) is 3.78. The highest BCUT2D eigenvalue weighted by molar-refractivity contribution is 7.89. The summed E-state index contributed by atoms with van der Waals surface area (Å²) in [6.45, 7) is 5.95. The third-order valence-electron chi connectivity index (χ3n) is 7.44. The molecule has 0 bridgehead atoms. The van der Waals surface area contributed by atoms with E-state index in [4.69, 9.17) is 4.74 Å². The average molecular weight is 606 g/mol. The van der Waals surface area contributed by atoms with Gasteiger partial charge in [0.05, 0.1) is 29.1 Å². The van der Waals surface area contributed by atoms with Crippen LogP contribution in [0, 0.1) is 5.92 Å². The van der Waals surface area contributed by atoms with Gasteiger partial charge >= 0.3 is 5.97 Å².